The van der Waals surface area contributed by atoms with Crippen LogP contribution in [0.4, 0.5) is 5.82 Å². The molecule has 1 aliphatic rings. The number of imidazole rings is 1. The molecule has 2 aromatic rings. The topological polar surface area (TPSA) is 69.6 Å². The van der Waals surface area contributed by atoms with E-state index in [1.807, 2.05) is 12.4 Å². The molecule has 1 aliphatic carbocycles. The van der Waals surface area contributed by atoms with Gasteiger partial charge < -0.3 is 10.3 Å². The second-order valence-electron chi connectivity index (χ2n) is 4.79. The van der Waals surface area contributed by atoms with Gasteiger partial charge in [-0.1, -0.05) is 6.92 Å². The van der Waals surface area contributed by atoms with Crippen LogP contribution in [0.2, 0.25) is 0 Å². The second kappa shape index (κ2) is 4.40. The molecule has 2 heterocycles. The predicted molar refractivity (Wildman–Crippen MR) is 69.9 cm³/mol. The minimum Gasteiger partial charge on any atom is -0.384 e. The SMILES string of the molecule is CCCn1cncc1-c1nc(N)cc(C2CC2)n1. The molecule has 1 fully saturated rings. The highest BCUT2D eigenvalue weighted by molar-refractivity contribution is 5.52. The van der Waals surface area contributed by atoms with Gasteiger partial charge >= 0.3 is 0 Å². The summed E-state index contributed by atoms with van der Waals surface area (Å²) < 4.78 is 2.07. The van der Waals surface area contributed by atoms with E-state index in [0.717, 1.165) is 24.4 Å². The molecule has 0 aliphatic heterocycles. The summed E-state index contributed by atoms with van der Waals surface area (Å²) in [6.07, 6.45) is 7.11. The van der Waals surface area contributed by atoms with Gasteiger partial charge in [0.15, 0.2) is 5.82 Å². The summed E-state index contributed by atoms with van der Waals surface area (Å²) in [5, 5.41) is 0. The highest BCUT2D eigenvalue weighted by Crippen LogP contribution is 2.39. The first kappa shape index (κ1) is 11.2. The Morgan fingerprint density at radius 2 is 2.22 bits per heavy atom. The largest absolute Gasteiger partial charge is 0.384 e. The van der Waals surface area contributed by atoms with Gasteiger partial charge in [0.05, 0.1) is 12.5 Å². The Bertz CT molecular complexity index is 556. The molecular formula is C13H17N5. The Morgan fingerprint density at radius 3 is 2.94 bits per heavy atom. The van der Waals surface area contributed by atoms with Gasteiger partial charge in [0, 0.05) is 24.2 Å². The van der Waals surface area contributed by atoms with Crippen molar-refractivity contribution in [3.05, 3.63) is 24.3 Å². The number of hydrogen-bond donors (Lipinski definition) is 1. The lowest BCUT2D eigenvalue weighted by Crippen LogP contribution is -2.04. The predicted octanol–water partition coefficient (Wildman–Crippen LogP) is 2.21. The number of nitrogens with zero attached hydrogens (tertiary/aromatic N) is 4. The van der Waals surface area contributed by atoms with Gasteiger partial charge in [-0.15, -0.1) is 0 Å². The van der Waals surface area contributed by atoms with Crippen LogP contribution in [0.5, 0.6) is 0 Å². The van der Waals surface area contributed by atoms with Crippen molar-refractivity contribution in [3.63, 3.8) is 0 Å². The van der Waals surface area contributed by atoms with Crippen LogP contribution in [-0.2, 0) is 6.54 Å². The van der Waals surface area contributed by atoms with Crippen LogP contribution in [-0.4, -0.2) is 19.5 Å². The quantitative estimate of drug-likeness (QED) is 0.893. The zero-order chi connectivity index (χ0) is 12.5. The van der Waals surface area contributed by atoms with E-state index < -0.39 is 0 Å². The van der Waals surface area contributed by atoms with E-state index in [1.165, 1.54) is 12.8 Å². The monoisotopic (exact) mass is 243 g/mol. The van der Waals surface area contributed by atoms with Gasteiger partial charge in [-0.25, -0.2) is 15.0 Å². The maximum Gasteiger partial charge on any atom is 0.180 e. The Labute approximate surface area is 106 Å². The van der Waals surface area contributed by atoms with Crippen molar-refractivity contribution in [1.29, 1.82) is 0 Å². The summed E-state index contributed by atoms with van der Waals surface area (Å²) in [5.74, 6) is 1.82. The van der Waals surface area contributed by atoms with Crippen molar-refractivity contribution in [2.24, 2.45) is 0 Å². The summed E-state index contributed by atoms with van der Waals surface area (Å²) in [7, 11) is 0. The minimum atomic E-state index is 0.547. The lowest BCUT2D eigenvalue weighted by molar-refractivity contribution is 0.681. The number of aryl methyl sites for hydroxylation is 1. The van der Waals surface area contributed by atoms with Crippen molar-refractivity contribution in [2.45, 2.75) is 38.6 Å². The smallest absolute Gasteiger partial charge is 0.180 e. The summed E-state index contributed by atoms with van der Waals surface area (Å²) >= 11 is 0. The molecule has 5 heteroatoms. The number of anilines is 1. The summed E-state index contributed by atoms with van der Waals surface area (Å²) in [6.45, 7) is 3.06. The molecule has 2 aromatic heterocycles. The van der Waals surface area contributed by atoms with Crippen LogP contribution in [0.15, 0.2) is 18.6 Å². The molecule has 1 saturated carbocycles. The van der Waals surface area contributed by atoms with E-state index >= 15 is 0 Å². The molecule has 2 N–H and O–H groups in total. The third kappa shape index (κ3) is 2.08. The van der Waals surface area contributed by atoms with Crippen molar-refractivity contribution in [1.82, 2.24) is 19.5 Å². The molecule has 0 saturated heterocycles. The average Bonchev–Trinajstić information content (AvgIpc) is 3.10. The normalized spacial score (nSPS) is 14.9. The molecule has 0 spiro atoms. The minimum absolute atomic E-state index is 0.547. The number of aromatic nitrogens is 4. The Kier molecular flexibility index (Phi) is 2.74. The standard InChI is InChI=1S/C13H17N5/c1-2-5-18-8-15-7-11(18)13-16-10(9-3-4-9)6-12(14)17-13/h6-9H,2-5H2,1H3,(H2,14,16,17). The van der Waals surface area contributed by atoms with E-state index in [1.54, 1.807) is 6.20 Å². The van der Waals surface area contributed by atoms with Crippen molar-refractivity contribution >= 4 is 5.82 Å². The lowest BCUT2D eigenvalue weighted by Gasteiger charge is -2.07. The first-order chi connectivity index (χ1) is 8.78. The van der Waals surface area contributed by atoms with Gasteiger partial charge in [-0.05, 0) is 19.3 Å². The zero-order valence-corrected chi connectivity index (χ0v) is 10.5. The Balaban J connectivity index is 2.01. The molecule has 18 heavy (non-hydrogen) atoms. The second-order valence-corrected chi connectivity index (χ2v) is 4.79. The van der Waals surface area contributed by atoms with Gasteiger partial charge in [0.2, 0.25) is 0 Å². The summed E-state index contributed by atoms with van der Waals surface area (Å²) in [5.41, 5.74) is 7.90. The van der Waals surface area contributed by atoms with Crippen LogP contribution < -0.4 is 5.73 Å². The van der Waals surface area contributed by atoms with Gasteiger partial charge in [-0.3, -0.25) is 0 Å². The molecular weight excluding hydrogens is 226 g/mol. The maximum absolute atomic E-state index is 5.87. The molecule has 0 bridgehead atoms. The Morgan fingerprint density at radius 1 is 1.39 bits per heavy atom. The van der Waals surface area contributed by atoms with Crippen molar-refractivity contribution < 1.29 is 0 Å². The first-order valence-corrected chi connectivity index (χ1v) is 6.43. The van der Waals surface area contributed by atoms with Crippen molar-refractivity contribution in [3.8, 4) is 11.5 Å². The molecule has 94 valence electrons. The van der Waals surface area contributed by atoms with Gasteiger partial charge in [0.25, 0.3) is 0 Å². The highest BCUT2D eigenvalue weighted by atomic mass is 15.1. The molecule has 0 unspecified atom stereocenters. The molecule has 0 aromatic carbocycles. The third-order valence-electron chi connectivity index (χ3n) is 3.17. The Hall–Kier alpha value is -1.91. The highest BCUT2D eigenvalue weighted by Gasteiger charge is 2.26. The summed E-state index contributed by atoms with van der Waals surface area (Å²) in [6, 6.07) is 1.89. The van der Waals surface area contributed by atoms with Gasteiger partial charge in [-0.2, -0.15) is 0 Å². The zero-order valence-electron chi connectivity index (χ0n) is 10.5. The molecule has 0 radical (unpaired) electrons. The fourth-order valence-electron chi connectivity index (χ4n) is 2.11. The number of hydrogen-bond acceptors (Lipinski definition) is 4. The summed E-state index contributed by atoms with van der Waals surface area (Å²) in [4.78, 5) is 13.1. The number of rotatable bonds is 4. The van der Waals surface area contributed by atoms with Crippen LogP contribution in [0.3, 0.4) is 0 Å². The first-order valence-electron chi connectivity index (χ1n) is 6.43. The van der Waals surface area contributed by atoms with Crippen LogP contribution in [0, 0.1) is 0 Å². The lowest BCUT2D eigenvalue weighted by atomic mass is 10.2. The van der Waals surface area contributed by atoms with E-state index in [2.05, 4.69) is 26.4 Å². The number of nitrogen functional groups attached to an aromatic ring is 1. The van der Waals surface area contributed by atoms with Crippen molar-refractivity contribution in [2.75, 3.05) is 5.73 Å². The van der Waals surface area contributed by atoms with E-state index in [9.17, 15) is 0 Å². The average molecular weight is 243 g/mol. The van der Waals surface area contributed by atoms with Crippen LogP contribution >= 0.6 is 0 Å². The van der Waals surface area contributed by atoms with E-state index in [-0.39, 0.29) is 0 Å². The van der Waals surface area contributed by atoms with Crippen LogP contribution in [0.1, 0.15) is 37.8 Å². The maximum atomic E-state index is 5.87. The van der Waals surface area contributed by atoms with E-state index in [4.69, 9.17) is 5.73 Å². The molecule has 0 atom stereocenters. The third-order valence-corrected chi connectivity index (χ3v) is 3.17. The molecule has 0 amide bonds. The van der Waals surface area contributed by atoms with E-state index in [0.29, 0.717) is 17.6 Å². The molecule has 5 nitrogen and oxygen atoms in total. The van der Waals surface area contributed by atoms with Crippen LogP contribution in [0.25, 0.3) is 11.5 Å². The fraction of sp³-hybridized carbons (Fsp3) is 0.462. The number of nitrogens with two attached hydrogens (primary N) is 1. The van der Waals surface area contributed by atoms with Gasteiger partial charge in [0.1, 0.15) is 11.5 Å². The fourth-order valence-corrected chi connectivity index (χ4v) is 2.11. The molecule has 3 rings (SSSR count).